The maximum Gasteiger partial charge on any atom is 0.241 e. The molecule has 2 aromatic carbocycles. The zero-order chi connectivity index (χ0) is 18.8. The second-order valence-corrected chi connectivity index (χ2v) is 9.58. The van der Waals surface area contributed by atoms with E-state index < -0.39 is 10.0 Å². The summed E-state index contributed by atoms with van der Waals surface area (Å²) in [6.45, 7) is 8.28. The largest absolute Gasteiger partial charge is 0.496 e. The average Bonchev–Trinajstić information content (AvgIpc) is 2.53. The second-order valence-electron chi connectivity index (χ2n) is 7.01. The molecule has 0 aromatic heterocycles. The zero-order valence-electron chi connectivity index (χ0n) is 15.1. The molecular weight excluding hydrogens is 402 g/mol. The van der Waals surface area contributed by atoms with Crippen LogP contribution in [-0.2, 0) is 15.4 Å². The first kappa shape index (κ1) is 19.9. The molecule has 0 amide bonds. The molecule has 0 heterocycles. The van der Waals surface area contributed by atoms with Crippen LogP contribution in [-0.4, -0.2) is 15.5 Å². The van der Waals surface area contributed by atoms with Gasteiger partial charge < -0.3 is 4.74 Å². The Morgan fingerprint density at radius 1 is 1.08 bits per heavy atom. The lowest BCUT2D eigenvalue weighted by Crippen LogP contribution is -2.27. The lowest BCUT2D eigenvalue weighted by atomic mass is 9.86. The van der Waals surface area contributed by atoms with Crippen LogP contribution >= 0.6 is 15.9 Å². The standard InChI is InChI=1S/C19H24BrNO3S/c1-13(14-6-8-15(9-7-14)19(2,3)4)21-25(22,23)16-10-11-18(24-5)17(20)12-16/h6-13,21H,1-5H3/t13-/m1/s1. The smallest absolute Gasteiger partial charge is 0.241 e. The number of halogens is 1. The minimum absolute atomic E-state index is 0.0661. The van der Waals surface area contributed by atoms with E-state index >= 15 is 0 Å². The normalized spacial score (nSPS) is 13.5. The van der Waals surface area contributed by atoms with Crippen molar-refractivity contribution in [1.82, 2.24) is 4.72 Å². The van der Waals surface area contributed by atoms with Crippen molar-refractivity contribution in [2.45, 2.75) is 44.0 Å². The molecule has 0 fully saturated rings. The summed E-state index contributed by atoms with van der Waals surface area (Å²) in [5.41, 5.74) is 2.20. The number of ether oxygens (including phenoxy) is 1. The van der Waals surface area contributed by atoms with Gasteiger partial charge in [-0.1, -0.05) is 45.0 Å². The number of hydrogen-bond acceptors (Lipinski definition) is 3. The van der Waals surface area contributed by atoms with Gasteiger partial charge in [-0.2, -0.15) is 0 Å². The van der Waals surface area contributed by atoms with Crippen LogP contribution in [0.3, 0.4) is 0 Å². The summed E-state index contributed by atoms with van der Waals surface area (Å²) in [4.78, 5) is 0.193. The van der Waals surface area contributed by atoms with E-state index in [2.05, 4.69) is 41.4 Å². The van der Waals surface area contributed by atoms with E-state index in [1.165, 1.54) is 24.8 Å². The van der Waals surface area contributed by atoms with Gasteiger partial charge in [0.15, 0.2) is 0 Å². The fourth-order valence-corrected chi connectivity index (χ4v) is 4.40. The van der Waals surface area contributed by atoms with Crippen molar-refractivity contribution in [2.24, 2.45) is 0 Å². The second kappa shape index (κ2) is 7.48. The molecule has 0 saturated carbocycles. The van der Waals surface area contributed by atoms with Gasteiger partial charge in [-0.25, -0.2) is 13.1 Å². The molecule has 1 atom stereocenters. The Morgan fingerprint density at radius 3 is 2.16 bits per heavy atom. The molecule has 0 aliphatic heterocycles. The minimum Gasteiger partial charge on any atom is -0.496 e. The van der Waals surface area contributed by atoms with Gasteiger partial charge in [0.2, 0.25) is 10.0 Å². The molecule has 0 bridgehead atoms. The Kier molecular flexibility index (Phi) is 5.97. The molecule has 2 aromatic rings. The monoisotopic (exact) mass is 425 g/mol. The molecule has 4 nitrogen and oxygen atoms in total. The van der Waals surface area contributed by atoms with Crippen LogP contribution in [0.2, 0.25) is 0 Å². The first-order valence-corrected chi connectivity index (χ1v) is 10.3. The third-order valence-electron chi connectivity index (χ3n) is 4.04. The van der Waals surface area contributed by atoms with E-state index in [4.69, 9.17) is 4.74 Å². The summed E-state index contributed by atoms with van der Waals surface area (Å²) in [7, 11) is -2.09. The van der Waals surface area contributed by atoms with Crippen molar-refractivity contribution in [2.75, 3.05) is 7.11 Å². The summed E-state index contributed by atoms with van der Waals surface area (Å²) < 4.78 is 33.7. The lowest BCUT2D eigenvalue weighted by Gasteiger charge is -2.21. The molecule has 0 saturated heterocycles. The van der Waals surface area contributed by atoms with Gasteiger partial charge in [0, 0.05) is 6.04 Å². The van der Waals surface area contributed by atoms with Crippen LogP contribution in [0.15, 0.2) is 51.8 Å². The highest BCUT2D eigenvalue weighted by atomic mass is 79.9. The van der Waals surface area contributed by atoms with Gasteiger partial charge >= 0.3 is 0 Å². The molecule has 0 unspecified atom stereocenters. The quantitative estimate of drug-likeness (QED) is 0.748. The van der Waals surface area contributed by atoms with Crippen molar-refractivity contribution >= 4 is 26.0 Å². The van der Waals surface area contributed by atoms with Crippen LogP contribution in [0.4, 0.5) is 0 Å². The summed E-state index contributed by atoms with van der Waals surface area (Å²) in [6.07, 6.45) is 0. The highest BCUT2D eigenvalue weighted by molar-refractivity contribution is 9.10. The van der Waals surface area contributed by atoms with Crippen LogP contribution in [0.5, 0.6) is 5.75 Å². The predicted octanol–water partition coefficient (Wildman–Crippen LogP) is 4.79. The number of rotatable bonds is 5. The minimum atomic E-state index is -3.63. The molecule has 0 aliphatic rings. The first-order chi connectivity index (χ1) is 11.5. The number of methoxy groups -OCH3 is 1. The predicted molar refractivity (Wildman–Crippen MR) is 105 cm³/mol. The highest BCUT2D eigenvalue weighted by Gasteiger charge is 2.20. The molecule has 2 rings (SSSR count). The zero-order valence-corrected chi connectivity index (χ0v) is 17.5. The van der Waals surface area contributed by atoms with Crippen LogP contribution in [0, 0.1) is 0 Å². The third kappa shape index (κ3) is 4.84. The third-order valence-corrected chi connectivity index (χ3v) is 6.20. The fourth-order valence-electron chi connectivity index (χ4n) is 2.45. The van der Waals surface area contributed by atoms with E-state index in [9.17, 15) is 8.42 Å². The van der Waals surface area contributed by atoms with Crippen molar-refractivity contribution in [3.05, 3.63) is 58.1 Å². The Balaban J connectivity index is 2.21. The number of nitrogens with one attached hydrogen (secondary N) is 1. The molecule has 0 radical (unpaired) electrons. The Bertz CT molecular complexity index is 840. The summed E-state index contributed by atoms with van der Waals surface area (Å²) in [5.74, 6) is 0.588. The first-order valence-electron chi connectivity index (χ1n) is 8.01. The van der Waals surface area contributed by atoms with E-state index in [1.807, 2.05) is 31.2 Å². The molecule has 0 aliphatic carbocycles. The number of sulfonamides is 1. The SMILES string of the molecule is COc1ccc(S(=O)(=O)N[C@H](C)c2ccc(C(C)(C)C)cc2)cc1Br. The van der Waals surface area contributed by atoms with E-state index in [0.29, 0.717) is 10.2 Å². The highest BCUT2D eigenvalue weighted by Crippen LogP contribution is 2.28. The Labute approximate surface area is 158 Å². The summed E-state index contributed by atoms with van der Waals surface area (Å²) in [6, 6.07) is 12.4. The van der Waals surface area contributed by atoms with Crippen molar-refractivity contribution in [3.8, 4) is 5.75 Å². The van der Waals surface area contributed by atoms with Crippen molar-refractivity contribution in [3.63, 3.8) is 0 Å². The Morgan fingerprint density at radius 2 is 1.68 bits per heavy atom. The molecule has 136 valence electrons. The van der Waals surface area contributed by atoms with Crippen molar-refractivity contribution < 1.29 is 13.2 Å². The summed E-state index contributed by atoms with van der Waals surface area (Å²) in [5, 5.41) is 0. The summed E-state index contributed by atoms with van der Waals surface area (Å²) >= 11 is 3.32. The molecule has 25 heavy (non-hydrogen) atoms. The van der Waals surface area contributed by atoms with Gasteiger partial charge in [0.25, 0.3) is 0 Å². The van der Waals surface area contributed by atoms with Crippen LogP contribution in [0.25, 0.3) is 0 Å². The number of hydrogen-bond donors (Lipinski definition) is 1. The van der Waals surface area contributed by atoms with E-state index in [1.54, 1.807) is 6.07 Å². The van der Waals surface area contributed by atoms with Gasteiger partial charge in [0.05, 0.1) is 16.5 Å². The average molecular weight is 426 g/mol. The van der Waals surface area contributed by atoms with Crippen LogP contribution < -0.4 is 9.46 Å². The lowest BCUT2D eigenvalue weighted by molar-refractivity contribution is 0.411. The van der Waals surface area contributed by atoms with E-state index in [-0.39, 0.29) is 16.4 Å². The van der Waals surface area contributed by atoms with Gasteiger partial charge in [0.1, 0.15) is 5.75 Å². The van der Waals surface area contributed by atoms with Gasteiger partial charge in [-0.05, 0) is 57.6 Å². The molecule has 6 heteroatoms. The molecule has 0 spiro atoms. The Hall–Kier alpha value is -1.37. The van der Waals surface area contributed by atoms with Gasteiger partial charge in [-0.3, -0.25) is 0 Å². The fraction of sp³-hybridized carbons (Fsp3) is 0.368. The molecular formula is C19H24BrNO3S. The molecule has 1 N–H and O–H groups in total. The van der Waals surface area contributed by atoms with Crippen LogP contribution in [0.1, 0.15) is 44.9 Å². The topological polar surface area (TPSA) is 55.4 Å². The maximum atomic E-state index is 12.6. The number of benzene rings is 2. The maximum absolute atomic E-state index is 12.6. The van der Waals surface area contributed by atoms with Gasteiger partial charge in [-0.15, -0.1) is 0 Å². The van der Waals surface area contributed by atoms with E-state index in [0.717, 1.165) is 5.56 Å². The van der Waals surface area contributed by atoms with Crippen molar-refractivity contribution in [1.29, 1.82) is 0 Å².